The van der Waals surface area contributed by atoms with E-state index in [1.807, 2.05) is 0 Å². The van der Waals surface area contributed by atoms with Crippen molar-refractivity contribution >= 4 is 19.8 Å². The van der Waals surface area contributed by atoms with E-state index in [2.05, 4.69) is 0 Å². The monoisotopic (exact) mass is 256 g/mol. The van der Waals surface area contributed by atoms with Crippen LogP contribution in [0.2, 0.25) is 0 Å². The van der Waals surface area contributed by atoms with E-state index >= 15 is 0 Å². The summed E-state index contributed by atoms with van der Waals surface area (Å²) in [5.41, 5.74) is 0. The quantitative estimate of drug-likeness (QED) is 0.212. The van der Waals surface area contributed by atoms with Crippen LogP contribution in [0.5, 0.6) is 0 Å². The van der Waals surface area contributed by atoms with Gasteiger partial charge in [0.1, 0.15) is 0 Å². The van der Waals surface area contributed by atoms with E-state index in [0.29, 0.717) is 0 Å². The normalized spacial score (nSPS) is 7.43. The molecule has 0 unspecified atom stereocenters. The second kappa shape index (κ2) is 15.2. The molecule has 0 amide bonds. The Labute approximate surface area is 145 Å². The van der Waals surface area contributed by atoms with E-state index in [9.17, 15) is 4.39 Å². The Kier molecular flexibility index (Phi) is 32.3. The fraction of sp³-hybridized carbons (Fsp3) is 0. The average molecular weight is 256 g/mol. The SMILES string of the molecule is O=C(O)C(=O)F.O=P([O-])([O-])[O-].[Na+].[Na+].[Na+]. The Morgan fingerprint density at radius 1 is 1.07 bits per heavy atom. The molecule has 0 aromatic carbocycles. The molecule has 0 aromatic heterocycles. The van der Waals surface area contributed by atoms with Gasteiger partial charge in [0.05, 0.1) is 0 Å². The van der Waals surface area contributed by atoms with Gasteiger partial charge < -0.3 is 24.4 Å². The third kappa shape index (κ3) is 64.5. The van der Waals surface area contributed by atoms with E-state index in [1.165, 1.54) is 0 Å². The minimum absolute atomic E-state index is 0. The van der Waals surface area contributed by atoms with Gasteiger partial charge in [-0.15, -0.1) is 0 Å². The van der Waals surface area contributed by atoms with Crippen molar-refractivity contribution in [1.82, 2.24) is 0 Å². The fourth-order valence-corrected chi connectivity index (χ4v) is 0. The Morgan fingerprint density at radius 2 is 1.14 bits per heavy atom. The molecule has 0 aliphatic carbocycles. The van der Waals surface area contributed by atoms with E-state index < -0.39 is 19.8 Å². The molecule has 14 heavy (non-hydrogen) atoms. The fourth-order valence-electron chi connectivity index (χ4n) is 0. The minimum Gasteiger partial charge on any atom is -0.822 e. The number of carbonyl (C=O) groups is 2. The standard InChI is InChI=1S/C2HFO3.3Na.H3O4P/c3-1(4)2(5)6;;;;1-5(2,3)4/h(H,5,6);;;;(H3,1,2,3,4)/q;3*+1;/p-3. The Balaban J connectivity index is -0.0000000321. The van der Waals surface area contributed by atoms with Crippen molar-refractivity contribution in [2.45, 2.75) is 0 Å². The van der Waals surface area contributed by atoms with Gasteiger partial charge in [0.25, 0.3) is 0 Å². The molecule has 0 saturated carbocycles. The van der Waals surface area contributed by atoms with Crippen molar-refractivity contribution in [2.24, 2.45) is 0 Å². The molecule has 0 aromatic rings. The zero-order valence-electron chi connectivity index (χ0n) is 7.72. The van der Waals surface area contributed by atoms with Crippen LogP contribution in [0.15, 0.2) is 0 Å². The van der Waals surface area contributed by atoms with Crippen LogP contribution >= 0.6 is 7.82 Å². The summed E-state index contributed by atoms with van der Waals surface area (Å²) in [6.45, 7) is 0. The first-order valence-electron chi connectivity index (χ1n) is 1.80. The van der Waals surface area contributed by atoms with E-state index in [0.717, 1.165) is 0 Å². The average Bonchev–Trinajstić information content (AvgIpc) is 1.59. The number of phosphoric acid groups is 1. The Morgan fingerprint density at radius 3 is 1.14 bits per heavy atom. The van der Waals surface area contributed by atoms with Gasteiger partial charge in [-0.05, 0) is 0 Å². The van der Waals surface area contributed by atoms with E-state index in [1.54, 1.807) is 0 Å². The molecule has 7 nitrogen and oxygen atoms in total. The summed E-state index contributed by atoms with van der Waals surface area (Å²) in [5, 5.41) is 7.27. The molecule has 0 aliphatic heterocycles. The smallest absolute Gasteiger partial charge is 0.822 e. The largest absolute Gasteiger partial charge is 1.00 e. The molecular formula is C2HFNa3O7P. The number of rotatable bonds is 1. The summed E-state index contributed by atoms with van der Waals surface area (Å²) in [6, 6.07) is -2.32. The molecule has 66 valence electrons. The molecule has 0 fully saturated rings. The third-order valence-corrected chi connectivity index (χ3v) is 0.168. The number of aliphatic carboxylic acids is 1. The molecule has 0 atom stereocenters. The third-order valence-electron chi connectivity index (χ3n) is 0.168. The van der Waals surface area contributed by atoms with Gasteiger partial charge in [-0.2, -0.15) is 12.2 Å². The van der Waals surface area contributed by atoms with Gasteiger partial charge >= 0.3 is 101 Å². The molecular weight excluding hydrogens is 255 g/mol. The molecule has 0 rings (SSSR count). The van der Waals surface area contributed by atoms with Crippen molar-refractivity contribution in [3.63, 3.8) is 0 Å². The molecule has 0 spiro atoms. The number of halogens is 1. The van der Waals surface area contributed by atoms with Crippen LogP contribution in [0.25, 0.3) is 0 Å². The van der Waals surface area contributed by atoms with Crippen molar-refractivity contribution in [3.05, 3.63) is 0 Å². The first-order chi connectivity index (χ1) is 4.64. The summed E-state index contributed by atoms with van der Waals surface area (Å²) in [6.07, 6.45) is 0. The first kappa shape index (κ1) is 29.8. The predicted octanol–water partition coefficient (Wildman–Crippen LogP) is -12.2. The Bertz CT molecular complexity index is 183. The van der Waals surface area contributed by atoms with Crippen molar-refractivity contribution in [2.75, 3.05) is 0 Å². The number of hydrogen-bond acceptors (Lipinski definition) is 6. The van der Waals surface area contributed by atoms with Crippen molar-refractivity contribution < 1.29 is 127 Å². The van der Waals surface area contributed by atoms with Gasteiger partial charge in [-0.25, -0.2) is 9.59 Å². The topological polar surface area (TPSA) is 141 Å². The zero-order chi connectivity index (χ0) is 9.65. The maximum absolute atomic E-state index is 10.6. The minimum atomic E-state index is -5.39. The molecule has 0 saturated heterocycles. The molecule has 0 radical (unpaired) electrons. The van der Waals surface area contributed by atoms with Gasteiger partial charge in [-0.3, -0.25) is 0 Å². The van der Waals surface area contributed by atoms with Crippen LogP contribution in [0, 0.1) is 0 Å². The molecule has 0 heterocycles. The van der Waals surface area contributed by atoms with Crippen molar-refractivity contribution in [1.29, 1.82) is 0 Å². The molecule has 12 heteroatoms. The van der Waals surface area contributed by atoms with Crippen LogP contribution in [0.3, 0.4) is 0 Å². The zero-order valence-corrected chi connectivity index (χ0v) is 14.6. The van der Waals surface area contributed by atoms with Gasteiger partial charge in [0.15, 0.2) is 0 Å². The maximum atomic E-state index is 10.6. The number of hydrogen-bond donors (Lipinski definition) is 1. The van der Waals surface area contributed by atoms with E-state index in [-0.39, 0.29) is 88.7 Å². The van der Waals surface area contributed by atoms with E-state index in [4.69, 9.17) is 33.9 Å². The second-order valence-corrected chi connectivity index (χ2v) is 1.92. The number of carboxylic acid groups (broad SMARTS) is 1. The van der Waals surface area contributed by atoms with Crippen LogP contribution in [0.1, 0.15) is 0 Å². The van der Waals surface area contributed by atoms with Crippen LogP contribution < -0.4 is 103 Å². The van der Waals surface area contributed by atoms with Crippen LogP contribution in [-0.4, -0.2) is 17.1 Å². The maximum Gasteiger partial charge on any atom is 1.00 e. The second-order valence-electron chi connectivity index (χ2n) is 1.03. The molecule has 1 N–H and O–H groups in total. The van der Waals surface area contributed by atoms with Gasteiger partial charge in [0.2, 0.25) is 0 Å². The summed E-state index contributed by atoms with van der Waals surface area (Å²) >= 11 is 0. The van der Waals surface area contributed by atoms with Crippen LogP contribution in [0.4, 0.5) is 4.39 Å². The van der Waals surface area contributed by atoms with Crippen molar-refractivity contribution in [3.8, 4) is 0 Å². The van der Waals surface area contributed by atoms with Gasteiger partial charge in [0, 0.05) is 0 Å². The molecule has 0 bridgehead atoms. The van der Waals surface area contributed by atoms with Gasteiger partial charge in [-0.1, -0.05) is 0 Å². The number of carboxylic acids is 1. The molecule has 0 aliphatic rings. The van der Waals surface area contributed by atoms with Crippen LogP contribution in [-0.2, 0) is 14.2 Å². The summed E-state index contributed by atoms with van der Waals surface area (Å²) in [5.74, 6) is -2.05. The predicted molar refractivity (Wildman–Crippen MR) is 21.4 cm³/mol. The summed E-state index contributed by atoms with van der Waals surface area (Å²) in [7, 11) is -5.39. The summed E-state index contributed by atoms with van der Waals surface area (Å²) in [4.78, 5) is 43.5. The summed E-state index contributed by atoms with van der Waals surface area (Å²) < 4.78 is 19.1. The Hall–Kier alpha value is 2.18. The number of carbonyl (C=O) groups excluding carboxylic acids is 1. The first-order valence-corrected chi connectivity index (χ1v) is 3.26.